The molecule has 17 heavy (non-hydrogen) atoms. The third-order valence-corrected chi connectivity index (χ3v) is 4.33. The highest BCUT2D eigenvalue weighted by molar-refractivity contribution is 5.78. The molecule has 1 heterocycles. The van der Waals surface area contributed by atoms with E-state index in [1.54, 1.807) is 7.11 Å². The first-order valence-corrected chi connectivity index (χ1v) is 6.64. The maximum absolute atomic E-state index is 12.1. The van der Waals surface area contributed by atoms with E-state index in [1.165, 1.54) is 6.42 Å². The van der Waals surface area contributed by atoms with E-state index in [-0.39, 0.29) is 17.0 Å². The second-order valence-corrected chi connectivity index (χ2v) is 5.78. The Morgan fingerprint density at radius 3 is 2.41 bits per heavy atom. The SMILES string of the molecule is COC1(CC(=O)NC2(C)CCNCC2)CCC1. The Morgan fingerprint density at radius 1 is 1.29 bits per heavy atom. The number of hydrogen-bond acceptors (Lipinski definition) is 3. The van der Waals surface area contributed by atoms with Crippen LogP contribution in [-0.2, 0) is 9.53 Å². The van der Waals surface area contributed by atoms with Crippen molar-refractivity contribution in [3.8, 4) is 0 Å². The second kappa shape index (κ2) is 4.94. The predicted molar refractivity (Wildman–Crippen MR) is 66.9 cm³/mol. The van der Waals surface area contributed by atoms with Gasteiger partial charge in [0.05, 0.1) is 12.0 Å². The molecule has 0 radical (unpaired) electrons. The molecule has 2 rings (SSSR count). The maximum Gasteiger partial charge on any atom is 0.223 e. The van der Waals surface area contributed by atoms with Gasteiger partial charge in [-0.3, -0.25) is 4.79 Å². The van der Waals surface area contributed by atoms with Crippen molar-refractivity contribution in [1.29, 1.82) is 0 Å². The number of amides is 1. The summed E-state index contributed by atoms with van der Waals surface area (Å²) in [6.07, 6.45) is 5.77. The molecule has 0 aromatic carbocycles. The number of carbonyl (C=O) groups is 1. The highest BCUT2D eigenvalue weighted by atomic mass is 16.5. The minimum Gasteiger partial charge on any atom is -0.378 e. The largest absolute Gasteiger partial charge is 0.378 e. The fourth-order valence-electron chi connectivity index (χ4n) is 2.80. The van der Waals surface area contributed by atoms with Crippen LogP contribution >= 0.6 is 0 Å². The highest BCUT2D eigenvalue weighted by Gasteiger charge is 2.40. The summed E-state index contributed by atoms with van der Waals surface area (Å²) in [5.74, 6) is 0.149. The molecule has 0 spiro atoms. The van der Waals surface area contributed by atoms with Crippen LogP contribution in [0, 0.1) is 0 Å². The van der Waals surface area contributed by atoms with E-state index in [1.807, 2.05) is 0 Å². The van der Waals surface area contributed by atoms with Gasteiger partial charge in [0.2, 0.25) is 5.91 Å². The van der Waals surface area contributed by atoms with Crippen LogP contribution in [0.3, 0.4) is 0 Å². The standard InChI is InChI=1S/C13H24N2O2/c1-12(6-8-14-9-7-12)15-11(16)10-13(17-2)4-3-5-13/h14H,3-10H2,1-2H3,(H,15,16). The van der Waals surface area contributed by atoms with Crippen LogP contribution in [0.1, 0.15) is 45.4 Å². The lowest BCUT2D eigenvalue weighted by atomic mass is 9.77. The average Bonchev–Trinajstić information content (AvgIpc) is 2.24. The summed E-state index contributed by atoms with van der Waals surface area (Å²) in [6, 6.07) is 0. The van der Waals surface area contributed by atoms with Gasteiger partial charge < -0.3 is 15.4 Å². The van der Waals surface area contributed by atoms with Crippen molar-refractivity contribution in [1.82, 2.24) is 10.6 Å². The third-order valence-electron chi connectivity index (χ3n) is 4.33. The van der Waals surface area contributed by atoms with Gasteiger partial charge in [-0.25, -0.2) is 0 Å². The molecule has 2 N–H and O–H groups in total. The van der Waals surface area contributed by atoms with E-state index in [2.05, 4.69) is 17.6 Å². The van der Waals surface area contributed by atoms with E-state index < -0.39 is 0 Å². The molecule has 98 valence electrons. The number of carbonyl (C=O) groups excluding carboxylic acids is 1. The first-order valence-electron chi connectivity index (χ1n) is 6.64. The summed E-state index contributed by atoms with van der Waals surface area (Å²) in [5.41, 5.74) is -0.186. The Kier molecular flexibility index (Phi) is 3.73. The molecule has 1 saturated heterocycles. The summed E-state index contributed by atoms with van der Waals surface area (Å²) in [4.78, 5) is 12.1. The molecule has 0 aromatic rings. The average molecular weight is 240 g/mol. The summed E-state index contributed by atoms with van der Waals surface area (Å²) >= 11 is 0. The zero-order valence-corrected chi connectivity index (χ0v) is 11.0. The molecule has 2 fully saturated rings. The summed E-state index contributed by atoms with van der Waals surface area (Å²) in [7, 11) is 1.72. The number of ether oxygens (including phenoxy) is 1. The molecule has 1 aliphatic carbocycles. The molecule has 2 aliphatic rings. The summed E-state index contributed by atoms with van der Waals surface area (Å²) in [5, 5.41) is 6.51. The van der Waals surface area contributed by atoms with Gasteiger partial charge in [0, 0.05) is 12.6 Å². The number of piperidine rings is 1. The Balaban J connectivity index is 1.84. The molecule has 4 heteroatoms. The van der Waals surface area contributed by atoms with Crippen molar-refractivity contribution in [3.05, 3.63) is 0 Å². The van der Waals surface area contributed by atoms with Crippen LogP contribution in [0.25, 0.3) is 0 Å². The zero-order chi connectivity index (χ0) is 12.4. The first kappa shape index (κ1) is 12.8. The van der Waals surface area contributed by atoms with E-state index in [9.17, 15) is 4.79 Å². The van der Waals surface area contributed by atoms with Crippen molar-refractivity contribution in [2.45, 2.75) is 56.6 Å². The molecular formula is C13H24N2O2. The lowest BCUT2D eigenvalue weighted by molar-refractivity contribution is -0.136. The lowest BCUT2D eigenvalue weighted by Crippen LogP contribution is -2.54. The monoisotopic (exact) mass is 240 g/mol. The van der Waals surface area contributed by atoms with E-state index >= 15 is 0 Å². The number of hydrogen-bond donors (Lipinski definition) is 2. The lowest BCUT2D eigenvalue weighted by Gasteiger charge is -2.41. The zero-order valence-electron chi connectivity index (χ0n) is 11.0. The van der Waals surface area contributed by atoms with Gasteiger partial charge in [-0.15, -0.1) is 0 Å². The topological polar surface area (TPSA) is 50.4 Å². The number of nitrogens with one attached hydrogen (secondary N) is 2. The third kappa shape index (κ3) is 2.99. The fourth-order valence-corrected chi connectivity index (χ4v) is 2.80. The van der Waals surface area contributed by atoms with Crippen LogP contribution in [0.4, 0.5) is 0 Å². The molecule has 0 atom stereocenters. The molecular weight excluding hydrogens is 216 g/mol. The Hall–Kier alpha value is -0.610. The van der Waals surface area contributed by atoms with Gasteiger partial charge in [0.15, 0.2) is 0 Å². The van der Waals surface area contributed by atoms with Crippen molar-refractivity contribution < 1.29 is 9.53 Å². The number of methoxy groups -OCH3 is 1. The second-order valence-electron chi connectivity index (χ2n) is 5.78. The molecule has 1 amide bonds. The van der Waals surface area contributed by atoms with E-state index in [0.717, 1.165) is 38.8 Å². The molecule has 0 aromatic heterocycles. The molecule has 0 unspecified atom stereocenters. The number of rotatable bonds is 4. The van der Waals surface area contributed by atoms with Crippen LogP contribution in [0.5, 0.6) is 0 Å². The molecule has 1 aliphatic heterocycles. The molecule has 0 bridgehead atoms. The van der Waals surface area contributed by atoms with Crippen molar-refractivity contribution in [2.75, 3.05) is 20.2 Å². The van der Waals surface area contributed by atoms with Crippen molar-refractivity contribution >= 4 is 5.91 Å². The van der Waals surface area contributed by atoms with Crippen molar-refractivity contribution in [3.63, 3.8) is 0 Å². The Morgan fingerprint density at radius 2 is 1.94 bits per heavy atom. The van der Waals surface area contributed by atoms with Gasteiger partial charge in [-0.05, 0) is 52.1 Å². The van der Waals surface area contributed by atoms with Crippen LogP contribution in [-0.4, -0.2) is 37.2 Å². The summed E-state index contributed by atoms with van der Waals surface area (Å²) < 4.78 is 5.49. The highest BCUT2D eigenvalue weighted by Crippen LogP contribution is 2.38. The van der Waals surface area contributed by atoms with Gasteiger partial charge in [-0.2, -0.15) is 0 Å². The minimum atomic E-state index is -0.159. The quantitative estimate of drug-likeness (QED) is 0.776. The Labute approximate surface area is 103 Å². The van der Waals surface area contributed by atoms with Gasteiger partial charge in [-0.1, -0.05) is 0 Å². The summed E-state index contributed by atoms with van der Waals surface area (Å²) in [6.45, 7) is 4.13. The van der Waals surface area contributed by atoms with Gasteiger partial charge in [0.25, 0.3) is 0 Å². The first-order chi connectivity index (χ1) is 8.08. The van der Waals surface area contributed by atoms with E-state index in [0.29, 0.717) is 6.42 Å². The molecule has 4 nitrogen and oxygen atoms in total. The van der Waals surface area contributed by atoms with Crippen LogP contribution < -0.4 is 10.6 Å². The fraction of sp³-hybridized carbons (Fsp3) is 0.923. The van der Waals surface area contributed by atoms with Crippen LogP contribution in [0.15, 0.2) is 0 Å². The van der Waals surface area contributed by atoms with Crippen LogP contribution in [0.2, 0.25) is 0 Å². The smallest absolute Gasteiger partial charge is 0.223 e. The normalized spacial score (nSPS) is 26.0. The Bertz CT molecular complexity index is 276. The van der Waals surface area contributed by atoms with Gasteiger partial charge in [0.1, 0.15) is 0 Å². The van der Waals surface area contributed by atoms with Crippen molar-refractivity contribution in [2.24, 2.45) is 0 Å². The molecule has 1 saturated carbocycles. The maximum atomic E-state index is 12.1. The minimum absolute atomic E-state index is 0.0268. The van der Waals surface area contributed by atoms with Gasteiger partial charge >= 0.3 is 0 Å². The predicted octanol–water partition coefficient (Wildman–Crippen LogP) is 1.20. The van der Waals surface area contributed by atoms with E-state index in [4.69, 9.17) is 4.74 Å².